The molecule has 136 valence electrons. The minimum atomic E-state index is -0.470. The number of rotatable bonds is 4. The number of nitrogens with zero attached hydrogens (tertiary/aromatic N) is 4. The van der Waals surface area contributed by atoms with Gasteiger partial charge in [-0.1, -0.05) is 24.3 Å². The average molecular weight is 350 g/mol. The van der Waals surface area contributed by atoms with Gasteiger partial charge in [-0.25, -0.2) is 4.98 Å². The van der Waals surface area contributed by atoms with E-state index in [1.54, 1.807) is 0 Å². The monoisotopic (exact) mass is 350 g/mol. The zero-order chi connectivity index (χ0) is 18.1. The maximum Gasteiger partial charge on any atom is 0.128 e. The van der Waals surface area contributed by atoms with Crippen LogP contribution in [0.15, 0.2) is 48.7 Å². The fraction of sp³-hybridized carbons (Fsp3) is 0.381. The van der Waals surface area contributed by atoms with E-state index in [0.29, 0.717) is 6.54 Å². The lowest BCUT2D eigenvalue weighted by atomic mass is 10.0. The molecule has 2 aromatic heterocycles. The molecular formula is C21H26N4O. The number of aryl methyl sites for hydroxylation is 1. The van der Waals surface area contributed by atoms with Crippen LogP contribution in [0.3, 0.4) is 0 Å². The molecule has 1 aromatic carbocycles. The van der Waals surface area contributed by atoms with Gasteiger partial charge in [-0.15, -0.1) is 0 Å². The van der Waals surface area contributed by atoms with E-state index in [0.717, 1.165) is 48.6 Å². The van der Waals surface area contributed by atoms with Crippen LogP contribution in [0.25, 0.3) is 10.9 Å². The molecule has 1 saturated heterocycles. The van der Waals surface area contributed by atoms with Gasteiger partial charge in [0.25, 0.3) is 0 Å². The van der Waals surface area contributed by atoms with Crippen molar-refractivity contribution in [1.82, 2.24) is 14.5 Å². The van der Waals surface area contributed by atoms with Crippen LogP contribution in [0.4, 0.5) is 5.82 Å². The van der Waals surface area contributed by atoms with Crippen LogP contribution in [-0.4, -0.2) is 52.3 Å². The van der Waals surface area contributed by atoms with Crippen molar-refractivity contribution in [3.8, 4) is 0 Å². The van der Waals surface area contributed by atoms with Crippen LogP contribution in [0, 0.1) is 6.92 Å². The Balaban J connectivity index is 1.45. The molecule has 0 aliphatic carbocycles. The Morgan fingerprint density at radius 3 is 2.50 bits per heavy atom. The fourth-order valence-corrected chi connectivity index (χ4v) is 4.01. The van der Waals surface area contributed by atoms with Gasteiger partial charge in [0.15, 0.2) is 0 Å². The molecule has 0 bridgehead atoms. The van der Waals surface area contributed by atoms with Crippen molar-refractivity contribution in [3.05, 3.63) is 59.9 Å². The van der Waals surface area contributed by atoms with Crippen molar-refractivity contribution >= 4 is 16.7 Å². The van der Waals surface area contributed by atoms with Gasteiger partial charge in [0.1, 0.15) is 5.82 Å². The Kier molecular flexibility index (Phi) is 4.66. The van der Waals surface area contributed by atoms with Crippen LogP contribution in [-0.2, 0) is 7.05 Å². The van der Waals surface area contributed by atoms with E-state index in [4.69, 9.17) is 0 Å². The molecule has 26 heavy (non-hydrogen) atoms. The number of aliphatic hydroxyl groups is 1. The van der Waals surface area contributed by atoms with Crippen molar-refractivity contribution in [2.24, 2.45) is 7.05 Å². The summed E-state index contributed by atoms with van der Waals surface area (Å²) in [7, 11) is 2.07. The summed E-state index contributed by atoms with van der Waals surface area (Å²) < 4.78 is 2.17. The predicted molar refractivity (Wildman–Crippen MR) is 106 cm³/mol. The van der Waals surface area contributed by atoms with Crippen molar-refractivity contribution in [2.45, 2.75) is 13.0 Å². The van der Waals surface area contributed by atoms with E-state index in [1.807, 2.05) is 24.4 Å². The molecule has 1 fully saturated rings. The Bertz CT molecular complexity index is 882. The highest BCUT2D eigenvalue weighted by molar-refractivity contribution is 5.85. The number of aliphatic hydroxyl groups excluding tert-OH is 1. The summed E-state index contributed by atoms with van der Waals surface area (Å²) in [5, 5.41) is 12.1. The highest BCUT2D eigenvalue weighted by Gasteiger charge is 2.24. The Morgan fingerprint density at radius 1 is 1.04 bits per heavy atom. The van der Waals surface area contributed by atoms with Crippen LogP contribution in [0.5, 0.6) is 0 Å². The number of hydrogen-bond acceptors (Lipinski definition) is 4. The second kappa shape index (κ2) is 7.09. The summed E-state index contributed by atoms with van der Waals surface area (Å²) in [6.45, 7) is 6.54. The molecule has 1 atom stereocenters. The van der Waals surface area contributed by atoms with Crippen molar-refractivity contribution in [1.29, 1.82) is 0 Å². The highest BCUT2D eigenvalue weighted by Crippen LogP contribution is 2.30. The molecule has 1 aliphatic heterocycles. The van der Waals surface area contributed by atoms with Crippen molar-refractivity contribution < 1.29 is 5.11 Å². The van der Waals surface area contributed by atoms with Gasteiger partial charge < -0.3 is 14.6 Å². The lowest BCUT2D eigenvalue weighted by Crippen LogP contribution is -2.47. The number of para-hydroxylation sites is 1. The number of fused-ring (bicyclic) bond motifs is 1. The number of pyridine rings is 1. The third kappa shape index (κ3) is 3.08. The molecule has 1 aliphatic rings. The van der Waals surface area contributed by atoms with Gasteiger partial charge in [-0.3, -0.25) is 4.90 Å². The Hall–Kier alpha value is -2.37. The van der Waals surface area contributed by atoms with E-state index in [-0.39, 0.29) is 0 Å². The molecule has 1 N–H and O–H groups in total. The third-order valence-electron chi connectivity index (χ3n) is 5.56. The summed E-state index contributed by atoms with van der Waals surface area (Å²) in [6, 6.07) is 14.4. The molecule has 3 heterocycles. The van der Waals surface area contributed by atoms with E-state index in [2.05, 4.69) is 57.6 Å². The standard InChI is InChI=1S/C21H26N4O/c1-16-21(17-7-3-4-8-18(17)23(16)2)19(26)15-24-11-13-25(14-12-24)20-9-5-6-10-22-20/h3-10,19,26H,11-15H2,1-2H3/t19-/m0/s1. The van der Waals surface area contributed by atoms with E-state index in [1.165, 1.54) is 5.52 Å². The van der Waals surface area contributed by atoms with Gasteiger partial charge in [0.05, 0.1) is 6.10 Å². The van der Waals surface area contributed by atoms with Gasteiger partial charge in [0, 0.05) is 68.1 Å². The van der Waals surface area contributed by atoms with Gasteiger partial charge in [-0.2, -0.15) is 0 Å². The molecular weight excluding hydrogens is 324 g/mol. The molecule has 0 radical (unpaired) electrons. The minimum Gasteiger partial charge on any atom is -0.387 e. The number of piperazine rings is 1. The number of anilines is 1. The summed E-state index contributed by atoms with van der Waals surface area (Å²) >= 11 is 0. The van der Waals surface area contributed by atoms with E-state index < -0.39 is 6.10 Å². The van der Waals surface area contributed by atoms with Crippen LogP contribution in [0.1, 0.15) is 17.4 Å². The van der Waals surface area contributed by atoms with Crippen molar-refractivity contribution in [3.63, 3.8) is 0 Å². The molecule has 5 heteroatoms. The summed E-state index contributed by atoms with van der Waals surface area (Å²) in [5.74, 6) is 1.04. The second-order valence-corrected chi connectivity index (χ2v) is 7.07. The zero-order valence-electron chi connectivity index (χ0n) is 15.5. The molecule has 5 nitrogen and oxygen atoms in total. The van der Waals surface area contributed by atoms with E-state index in [9.17, 15) is 5.11 Å². The molecule has 0 unspecified atom stereocenters. The van der Waals surface area contributed by atoms with E-state index >= 15 is 0 Å². The number of aromatic nitrogens is 2. The summed E-state index contributed by atoms with van der Waals surface area (Å²) in [5.41, 5.74) is 3.39. The third-order valence-corrected chi connectivity index (χ3v) is 5.56. The largest absolute Gasteiger partial charge is 0.387 e. The molecule has 0 amide bonds. The topological polar surface area (TPSA) is 44.5 Å². The first-order valence-electron chi connectivity index (χ1n) is 9.25. The fourth-order valence-electron chi connectivity index (χ4n) is 4.01. The lowest BCUT2D eigenvalue weighted by molar-refractivity contribution is 0.110. The minimum absolute atomic E-state index is 0.470. The molecule has 0 saturated carbocycles. The first kappa shape index (κ1) is 17.1. The quantitative estimate of drug-likeness (QED) is 0.786. The first-order valence-corrected chi connectivity index (χ1v) is 9.25. The number of benzene rings is 1. The van der Waals surface area contributed by atoms with Crippen LogP contribution in [0.2, 0.25) is 0 Å². The van der Waals surface area contributed by atoms with Crippen LogP contribution < -0.4 is 4.90 Å². The van der Waals surface area contributed by atoms with Gasteiger partial charge >= 0.3 is 0 Å². The predicted octanol–water partition coefficient (Wildman–Crippen LogP) is 2.74. The number of hydrogen-bond donors (Lipinski definition) is 1. The Morgan fingerprint density at radius 2 is 1.77 bits per heavy atom. The summed E-state index contributed by atoms with van der Waals surface area (Å²) in [4.78, 5) is 9.10. The second-order valence-electron chi connectivity index (χ2n) is 7.07. The lowest BCUT2D eigenvalue weighted by Gasteiger charge is -2.36. The van der Waals surface area contributed by atoms with Gasteiger partial charge in [-0.05, 0) is 25.1 Å². The molecule has 0 spiro atoms. The normalized spacial score (nSPS) is 17.0. The summed E-state index contributed by atoms with van der Waals surface area (Å²) in [6.07, 6.45) is 1.37. The SMILES string of the molecule is Cc1c([C@@H](O)CN2CCN(c3ccccn3)CC2)c2ccccc2n1C. The average Bonchev–Trinajstić information content (AvgIpc) is 2.94. The van der Waals surface area contributed by atoms with Crippen molar-refractivity contribution in [2.75, 3.05) is 37.6 Å². The molecule has 4 rings (SSSR count). The number of β-amino-alcohol motifs (C(OH)–C–C–N with tert-alkyl or cyclic N) is 1. The molecule has 3 aromatic rings. The Labute approximate surface area is 154 Å². The zero-order valence-corrected chi connectivity index (χ0v) is 15.5. The maximum atomic E-state index is 11.0. The first-order chi connectivity index (χ1) is 12.6. The van der Waals surface area contributed by atoms with Crippen LogP contribution >= 0.6 is 0 Å². The smallest absolute Gasteiger partial charge is 0.128 e. The van der Waals surface area contributed by atoms with Gasteiger partial charge in [0.2, 0.25) is 0 Å². The highest BCUT2D eigenvalue weighted by atomic mass is 16.3. The maximum absolute atomic E-state index is 11.0.